The number of hydrogen-bond acceptors (Lipinski definition) is 2. The van der Waals surface area contributed by atoms with Crippen molar-refractivity contribution in [3.05, 3.63) is 12.7 Å². The second-order valence-electron chi connectivity index (χ2n) is 1.84. The molecule has 0 spiro atoms. The summed E-state index contributed by atoms with van der Waals surface area (Å²) in [6, 6.07) is 0. The van der Waals surface area contributed by atoms with E-state index in [1.165, 1.54) is 11.8 Å². The molecule has 1 rings (SSSR count). The molecule has 0 aromatic rings. The molecule has 9 heavy (non-hydrogen) atoms. The van der Waals surface area contributed by atoms with Gasteiger partial charge in [-0.15, -0.1) is 30.1 Å². The van der Waals surface area contributed by atoms with Gasteiger partial charge in [0.2, 0.25) is 0 Å². The highest BCUT2D eigenvalue weighted by atomic mass is 32.2. The third kappa shape index (κ3) is 2.67. The lowest BCUT2D eigenvalue weighted by molar-refractivity contribution is 1.07. The van der Waals surface area contributed by atoms with Crippen LogP contribution >= 0.6 is 23.5 Å². The van der Waals surface area contributed by atoms with Crippen LogP contribution in [0.25, 0.3) is 0 Å². The molecule has 1 fully saturated rings. The lowest BCUT2D eigenvalue weighted by atomic mass is 10.5. The van der Waals surface area contributed by atoms with E-state index in [0.717, 1.165) is 12.2 Å². The van der Waals surface area contributed by atoms with Crippen molar-refractivity contribution in [2.45, 2.75) is 17.4 Å². The Balaban J connectivity index is 2.39. The zero-order valence-corrected chi connectivity index (χ0v) is 6.93. The van der Waals surface area contributed by atoms with Crippen molar-refractivity contribution in [3.8, 4) is 0 Å². The number of rotatable bonds is 2. The summed E-state index contributed by atoms with van der Waals surface area (Å²) >= 11 is 3.28. The van der Waals surface area contributed by atoms with E-state index in [-0.39, 0.29) is 0 Å². The molecule has 1 unspecified atom stereocenters. The molecule has 0 saturated carbocycles. The third-order valence-corrected chi connectivity index (χ3v) is 3.61. The quantitative estimate of drug-likeness (QED) is 0.573. The first-order chi connectivity index (χ1) is 5.14. The predicted molar refractivity (Wildman–Crippen MR) is 48.1 cm³/mol. The summed E-state index contributed by atoms with van der Waals surface area (Å²) in [5.74, 6) is 0.943. The highest BCUT2D eigenvalue weighted by molar-refractivity contribution is 8.17. The zero-order chi connectivity index (χ0) is 8.32. The number of thioether (sulfide) groups is 2. The molecule has 1 atom stereocenters. The molecule has 2 heteroatoms. The second kappa shape index (κ2) is 4.29. The smallest absolute Gasteiger partial charge is 0.0536 e. The molecule has 1 aliphatic rings. The van der Waals surface area contributed by atoms with Gasteiger partial charge in [0.15, 0.2) is 0 Å². The molecule has 0 nitrogen and oxygen atoms in total. The van der Waals surface area contributed by atoms with Crippen LogP contribution in [0, 0.1) is 0 Å². The molecule has 1 aliphatic heterocycles. The minimum atomic E-state index is -1.00. The topological polar surface area (TPSA) is 0 Å². The average molecular weight is 162 g/mol. The standard InChI is InChI=1S/C7H12S2/c1-2-4-7-8-5-3-6-9-7/h2,7H,1,3-6H2/i5D2. The van der Waals surface area contributed by atoms with Crippen molar-refractivity contribution >= 4 is 23.5 Å². The third-order valence-electron chi connectivity index (χ3n) is 1.08. The van der Waals surface area contributed by atoms with Crippen molar-refractivity contribution in [1.82, 2.24) is 0 Å². The maximum absolute atomic E-state index is 7.52. The van der Waals surface area contributed by atoms with Crippen LogP contribution in [0.5, 0.6) is 0 Å². The van der Waals surface area contributed by atoms with Crippen LogP contribution in [0.3, 0.4) is 0 Å². The van der Waals surface area contributed by atoms with Gasteiger partial charge in [-0.3, -0.25) is 0 Å². The van der Waals surface area contributed by atoms with Gasteiger partial charge in [-0.05, 0) is 24.3 Å². The Morgan fingerprint density at radius 3 is 3.33 bits per heavy atom. The van der Waals surface area contributed by atoms with Crippen LogP contribution in [0.4, 0.5) is 0 Å². The zero-order valence-electron chi connectivity index (χ0n) is 7.30. The fourth-order valence-corrected chi connectivity index (χ4v) is 2.96. The summed E-state index contributed by atoms with van der Waals surface area (Å²) in [6.45, 7) is 3.65. The van der Waals surface area contributed by atoms with Crippen LogP contribution in [0.1, 0.15) is 15.6 Å². The Labute approximate surface area is 68.3 Å². The average Bonchev–Trinajstić information content (AvgIpc) is 1.85. The SMILES string of the molecule is [2H]C1([2H])CCSC(CC=C)S1. The van der Waals surface area contributed by atoms with Gasteiger partial charge >= 0.3 is 0 Å². The van der Waals surface area contributed by atoms with Crippen molar-refractivity contribution in [2.75, 3.05) is 11.5 Å². The Kier molecular flexibility index (Phi) is 2.45. The molecular formula is C7H12S2. The van der Waals surface area contributed by atoms with Gasteiger partial charge in [-0.2, -0.15) is 0 Å². The van der Waals surface area contributed by atoms with E-state index in [1.54, 1.807) is 0 Å². The summed E-state index contributed by atoms with van der Waals surface area (Å²) in [5, 5.41) is 0. The Bertz CT molecular complexity index is 147. The molecule has 0 amide bonds. The Hall–Kier alpha value is 0.440. The first-order valence-corrected chi connectivity index (χ1v) is 4.97. The number of allylic oxidation sites excluding steroid dienone is 1. The van der Waals surface area contributed by atoms with E-state index < -0.39 is 5.70 Å². The monoisotopic (exact) mass is 162 g/mol. The van der Waals surface area contributed by atoms with Crippen LogP contribution in [-0.2, 0) is 0 Å². The molecule has 0 N–H and O–H groups in total. The first-order valence-electron chi connectivity index (χ1n) is 4.04. The van der Waals surface area contributed by atoms with E-state index in [1.807, 2.05) is 17.8 Å². The minimum absolute atomic E-state index is 0.385. The summed E-state index contributed by atoms with van der Waals surface area (Å²) in [7, 11) is 0. The van der Waals surface area contributed by atoms with Crippen molar-refractivity contribution in [3.63, 3.8) is 0 Å². The molecular weight excluding hydrogens is 148 g/mol. The second-order valence-corrected chi connectivity index (χ2v) is 4.54. The van der Waals surface area contributed by atoms with Crippen molar-refractivity contribution in [2.24, 2.45) is 0 Å². The van der Waals surface area contributed by atoms with Gasteiger partial charge in [-0.1, -0.05) is 6.08 Å². The van der Waals surface area contributed by atoms with Crippen LogP contribution < -0.4 is 0 Å². The summed E-state index contributed by atoms with van der Waals surface area (Å²) in [5.41, 5.74) is -1.00. The maximum Gasteiger partial charge on any atom is 0.0536 e. The fourth-order valence-electron chi connectivity index (χ4n) is 0.670. The summed E-state index contributed by atoms with van der Waals surface area (Å²) < 4.78 is 15.4. The molecule has 52 valence electrons. The Morgan fingerprint density at radius 1 is 1.78 bits per heavy atom. The molecule has 0 aromatic carbocycles. The van der Waals surface area contributed by atoms with Gasteiger partial charge in [0.25, 0.3) is 0 Å². The van der Waals surface area contributed by atoms with Gasteiger partial charge in [0, 0.05) is 2.74 Å². The van der Waals surface area contributed by atoms with Gasteiger partial charge in [0.1, 0.15) is 0 Å². The molecule has 0 aromatic heterocycles. The summed E-state index contributed by atoms with van der Waals surface area (Å²) in [6.07, 6.45) is 3.46. The van der Waals surface area contributed by atoms with Crippen LogP contribution in [-0.4, -0.2) is 16.0 Å². The normalized spacial score (nSPS) is 36.7. The van der Waals surface area contributed by atoms with Crippen LogP contribution in [0.15, 0.2) is 12.7 Å². The Morgan fingerprint density at radius 2 is 2.67 bits per heavy atom. The fraction of sp³-hybridized carbons (Fsp3) is 0.714. The molecule has 0 bridgehead atoms. The lowest BCUT2D eigenvalue weighted by Crippen LogP contribution is -2.04. The highest BCUT2D eigenvalue weighted by Gasteiger charge is 2.11. The summed E-state index contributed by atoms with van der Waals surface area (Å²) in [4.78, 5) is 0. The molecule has 0 radical (unpaired) electrons. The number of hydrogen-bond donors (Lipinski definition) is 0. The van der Waals surface area contributed by atoms with Crippen molar-refractivity contribution < 1.29 is 2.74 Å². The molecule has 1 heterocycles. The van der Waals surface area contributed by atoms with Crippen molar-refractivity contribution in [1.29, 1.82) is 0 Å². The van der Waals surface area contributed by atoms with E-state index in [9.17, 15) is 0 Å². The largest absolute Gasteiger partial charge is 0.147 e. The highest BCUT2D eigenvalue weighted by Crippen LogP contribution is 2.32. The van der Waals surface area contributed by atoms with Gasteiger partial charge in [0.05, 0.1) is 4.58 Å². The van der Waals surface area contributed by atoms with Gasteiger partial charge in [-0.25, -0.2) is 0 Å². The molecule has 1 saturated heterocycles. The lowest BCUT2D eigenvalue weighted by Gasteiger charge is -2.18. The predicted octanol–water partition coefficient (Wildman–Crippen LogP) is 2.76. The van der Waals surface area contributed by atoms with E-state index in [2.05, 4.69) is 6.58 Å². The van der Waals surface area contributed by atoms with E-state index >= 15 is 0 Å². The van der Waals surface area contributed by atoms with E-state index in [0.29, 0.717) is 11.0 Å². The maximum atomic E-state index is 7.52. The van der Waals surface area contributed by atoms with Gasteiger partial charge < -0.3 is 0 Å². The van der Waals surface area contributed by atoms with Crippen LogP contribution in [0.2, 0.25) is 0 Å². The first kappa shape index (κ1) is 5.14. The van der Waals surface area contributed by atoms with E-state index in [4.69, 9.17) is 2.74 Å². The minimum Gasteiger partial charge on any atom is -0.147 e. The molecule has 0 aliphatic carbocycles.